The van der Waals surface area contributed by atoms with Crippen molar-refractivity contribution in [1.29, 1.82) is 0 Å². The lowest BCUT2D eigenvalue weighted by Gasteiger charge is -2.21. The fourth-order valence-electron chi connectivity index (χ4n) is 5.48. The second kappa shape index (κ2) is 9.03. The minimum absolute atomic E-state index is 0.00826. The third-order valence-electron chi connectivity index (χ3n) is 7.29. The number of rotatable bonds is 6. The van der Waals surface area contributed by atoms with Gasteiger partial charge in [-0.05, 0) is 66.4 Å². The fraction of sp³-hybridized carbons (Fsp3) is 0.161. The molecule has 0 spiro atoms. The van der Waals surface area contributed by atoms with Crippen LogP contribution in [0.5, 0.6) is 5.75 Å². The molecule has 0 unspecified atom stereocenters. The van der Waals surface area contributed by atoms with Crippen molar-refractivity contribution in [3.63, 3.8) is 0 Å². The second-order valence-electron chi connectivity index (χ2n) is 9.65. The molecule has 0 aliphatic carbocycles. The van der Waals surface area contributed by atoms with Crippen molar-refractivity contribution in [3.8, 4) is 16.9 Å². The van der Waals surface area contributed by atoms with Crippen molar-refractivity contribution in [2.45, 2.75) is 20.4 Å². The molecule has 6 rings (SSSR count). The smallest absolute Gasteiger partial charge is 0.258 e. The molecule has 6 nitrogen and oxygen atoms in total. The van der Waals surface area contributed by atoms with Crippen LogP contribution in [0.1, 0.15) is 37.4 Å². The average molecular weight is 508 g/mol. The number of nitrogens with one attached hydrogen (secondary N) is 1. The zero-order chi connectivity index (χ0) is 26.6. The van der Waals surface area contributed by atoms with E-state index in [0.29, 0.717) is 23.4 Å². The highest BCUT2D eigenvalue weighted by molar-refractivity contribution is 6.20. The number of benzene rings is 4. The molecule has 0 fully saturated rings. The number of carbonyl (C=O) groups is 2. The first kappa shape index (κ1) is 23.7. The largest absolute Gasteiger partial charge is 0.491 e. The van der Waals surface area contributed by atoms with Gasteiger partial charge in [-0.15, -0.1) is 0 Å². The van der Waals surface area contributed by atoms with Crippen LogP contribution in [0.2, 0.25) is 0 Å². The Kier molecular flexibility index (Phi) is 5.64. The number of aromatic nitrogens is 1. The number of ether oxygens (including phenoxy) is 1. The summed E-state index contributed by atoms with van der Waals surface area (Å²) in [5.41, 5.74) is 13.9. The number of anilines is 1. The van der Waals surface area contributed by atoms with E-state index in [2.05, 4.69) is 4.98 Å². The maximum Gasteiger partial charge on any atom is 0.258 e. The van der Waals surface area contributed by atoms with Gasteiger partial charge >= 0.3 is 0 Å². The van der Waals surface area contributed by atoms with Gasteiger partial charge in [0.25, 0.3) is 11.8 Å². The molecule has 5 aromatic rings. The van der Waals surface area contributed by atoms with E-state index >= 15 is 0 Å². The van der Waals surface area contributed by atoms with Gasteiger partial charge in [0.05, 0.1) is 23.1 Å². The standard InChI is InChI=1S/C31H26FN3O3/c1-17-6-7-19-16-35(31(37)25(19)14-17)27-5-3-4-21(18(27)2)22-10-11-24(30(33)36)29-28(22)23-9-8-20(38-13-12-32)15-26(23)34-29/h3-11,14-15,34H,12-13,16H2,1-2H3,(H2,33,36). The van der Waals surface area contributed by atoms with E-state index in [1.54, 1.807) is 18.2 Å². The Balaban J connectivity index is 1.52. The Labute approximate surface area is 218 Å². The molecule has 0 saturated heterocycles. The number of aryl methyl sites for hydroxylation is 1. The summed E-state index contributed by atoms with van der Waals surface area (Å²) in [5.74, 6) is -0.0151. The summed E-state index contributed by atoms with van der Waals surface area (Å²) >= 11 is 0. The minimum Gasteiger partial charge on any atom is -0.491 e. The van der Waals surface area contributed by atoms with E-state index in [-0.39, 0.29) is 12.5 Å². The normalized spacial score (nSPS) is 12.9. The number of hydrogen-bond acceptors (Lipinski definition) is 3. The van der Waals surface area contributed by atoms with Gasteiger partial charge in [0.15, 0.2) is 0 Å². The van der Waals surface area contributed by atoms with Crippen molar-refractivity contribution in [1.82, 2.24) is 4.98 Å². The van der Waals surface area contributed by atoms with Crippen LogP contribution in [-0.4, -0.2) is 30.1 Å². The molecule has 1 aromatic heterocycles. The maximum atomic E-state index is 13.4. The summed E-state index contributed by atoms with van der Waals surface area (Å²) in [4.78, 5) is 30.8. The fourth-order valence-corrected chi connectivity index (χ4v) is 5.48. The van der Waals surface area contributed by atoms with Crippen molar-refractivity contribution in [2.75, 3.05) is 18.2 Å². The molecular weight excluding hydrogens is 481 g/mol. The first-order valence-electron chi connectivity index (χ1n) is 12.5. The summed E-state index contributed by atoms with van der Waals surface area (Å²) in [6, 6.07) is 21.0. The van der Waals surface area contributed by atoms with Crippen LogP contribution in [0.15, 0.2) is 66.7 Å². The molecule has 38 heavy (non-hydrogen) atoms. The molecule has 0 saturated carbocycles. The number of H-pyrrole nitrogens is 1. The van der Waals surface area contributed by atoms with Gasteiger partial charge in [0.1, 0.15) is 19.0 Å². The van der Waals surface area contributed by atoms with Crippen LogP contribution in [0, 0.1) is 13.8 Å². The van der Waals surface area contributed by atoms with E-state index in [4.69, 9.17) is 10.5 Å². The van der Waals surface area contributed by atoms with Crippen LogP contribution in [0.3, 0.4) is 0 Å². The van der Waals surface area contributed by atoms with E-state index in [0.717, 1.165) is 55.4 Å². The Bertz CT molecular complexity index is 1770. The van der Waals surface area contributed by atoms with E-state index in [1.165, 1.54) is 0 Å². The minimum atomic E-state index is -0.583. The topological polar surface area (TPSA) is 88.4 Å². The summed E-state index contributed by atoms with van der Waals surface area (Å²) in [6.07, 6.45) is 0. The zero-order valence-electron chi connectivity index (χ0n) is 21.1. The first-order chi connectivity index (χ1) is 18.4. The number of fused-ring (bicyclic) bond motifs is 4. The molecule has 0 radical (unpaired) electrons. The van der Waals surface area contributed by atoms with Crippen LogP contribution in [0.25, 0.3) is 32.9 Å². The average Bonchev–Trinajstić information content (AvgIpc) is 3.44. The highest BCUT2D eigenvalue weighted by atomic mass is 19.1. The summed E-state index contributed by atoms with van der Waals surface area (Å²) in [7, 11) is 0. The predicted octanol–water partition coefficient (Wildman–Crippen LogP) is 6.21. The molecule has 0 atom stereocenters. The number of primary amides is 1. The lowest BCUT2D eigenvalue weighted by Crippen LogP contribution is -2.24. The molecular formula is C31H26FN3O3. The quantitative estimate of drug-likeness (QED) is 0.286. The van der Waals surface area contributed by atoms with Gasteiger partial charge < -0.3 is 20.4 Å². The Morgan fingerprint density at radius 1 is 1.03 bits per heavy atom. The number of aromatic amines is 1. The summed E-state index contributed by atoms with van der Waals surface area (Å²) in [5, 5.41) is 1.73. The van der Waals surface area contributed by atoms with Crippen molar-refractivity contribution >= 4 is 39.3 Å². The SMILES string of the molecule is Cc1ccc2c(c1)C(=O)N(c1cccc(-c3ccc(C(N)=O)c4[nH]c5cc(OCCF)ccc5c34)c1C)C2. The molecule has 1 aliphatic rings. The molecule has 2 amide bonds. The van der Waals surface area contributed by atoms with Gasteiger partial charge in [0, 0.05) is 28.1 Å². The van der Waals surface area contributed by atoms with Crippen LogP contribution >= 0.6 is 0 Å². The monoisotopic (exact) mass is 507 g/mol. The van der Waals surface area contributed by atoms with Gasteiger partial charge in [-0.3, -0.25) is 9.59 Å². The van der Waals surface area contributed by atoms with Crippen LogP contribution < -0.4 is 15.4 Å². The lowest BCUT2D eigenvalue weighted by atomic mass is 9.93. The van der Waals surface area contributed by atoms with Gasteiger partial charge in [-0.2, -0.15) is 0 Å². The van der Waals surface area contributed by atoms with Gasteiger partial charge in [-0.25, -0.2) is 4.39 Å². The Morgan fingerprint density at radius 3 is 2.66 bits per heavy atom. The summed E-state index contributed by atoms with van der Waals surface area (Å²) in [6.45, 7) is 3.90. The second-order valence-corrected chi connectivity index (χ2v) is 9.65. The summed E-state index contributed by atoms with van der Waals surface area (Å²) < 4.78 is 18.1. The number of hydrogen-bond donors (Lipinski definition) is 2. The molecule has 2 heterocycles. The highest BCUT2D eigenvalue weighted by Gasteiger charge is 2.30. The third kappa shape index (κ3) is 3.70. The Hall–Kier alpha value is -4.65. The molecule has 0 bridgehead atoms. The predicted molar refractivity (Wildman–Crippen MR) is 148 cm³/mol. The van der Waals surface area contributed by atoms with Crippen molar-refractivity contribution < 1.29 is 18.7 Å². The number of alkyl halides is 1. The van der Waals surface area contributed by atoms with Gasteiger partial charge in [-0.1, -0.05) is 35.9 Å². The number of nitrogens with zero attached hydrogens (tertiary/aromatic N) is 1. The molecule has 190 valence electrons. The van der Waals surface area contributed by atoms with Crippen LogP contribution in [0.4, 0.5) is 10.1 Å². The number of amides is 2. The van der Waals surface area contributed by atoms with Gasteiger partial charge in [0.2, 0.25) is 0 Å². The maximum absolute atomic E-state index is 13.4. The molecule has 4 aromatic carbocycles. The molecule has 3 N–H and O–H groups in total. The highest BCUT2D eigenvalue weighted by Crippen LogP contribution is 2.41. The zero-order valence-corrected chi connectivity index (χ0v) is 21.1. The number of halogens is 1. The van der Waals surface area contributed by atoms with E-state index < -0.39 is 12.6 Å². The first-order valence-corrected chi connectivity index (χ1v) is 12.5. The third-order valence-corrected chi connectivity index (χ3v) is 7.29. The van der Waals surface area contributed by atoms with Crippen molar-refractivity contribution in [2.24, 2.45) is 5.73 Å². The van der Waals surface area contributed by atoms with E-state index in [9.17, 15) is 14.0 Å². The lowest BCUT2D eigenvalue weighted by molar-refractivity contribution is 0.0990. The Morgan fingerprint density at radius 2 is 1.87 bits per heavy atom. The molecule has 7 heteroatoms. The van der Waals surface area contributed by atoms with Crippen molar-refractivity contribution in [3.05, 3.63) is 94.5 Å². The van der Waals surface area contributed by atoms with Crippen LogP contribution in [-0.2, 0) is 6.54 Å². The number of carbonyl (C=O) groups excluding carboxylic acids is 2. The molecule has 1 aliphatic heterocycles. The van der Waals surface area contributed by atoms with E-state index in [1.807, 2.05) is 67.3 Å². The number of nitrogens with two attached hydrogens (primary N) is 1.